The number of carboxylic acids is 1. The third-order valence-electron chi connectivity index (χ3n) is 3.78. The highest BCUT2D eigenvalue weighted by molar-refractivity contribution is 5.99. The van der Waals surface area contributed by atoms with Crippen LogP contribution in [0.25, 0.3) is 0 Å². The average Bonchev–Trinajstić information content (AvgIpc) is 2.36. The molecule has 0 saturated carbocycles. The molecule has 18 heavy (non-hydrogen) atoms. The second-order valence-electron chi connectivity index (χ2n) is 4.89. The molecule has 0 rings (SSSR count). The lowest BCUT2D eigenvalue weighted by Crippen LogP contribution is -2.39. The molecule has 0 amide bonds. The molecular formula is C14H26O4. The van der Waals surface area contributed by atoms with Crippen molar-refractivity contribution in [2.75, 3.05) is 6.61 Å². The van der Waals surface area contributed by atoms with Crippen LogP contribution in [-0.2, 0) is 14.3 Å². The van der Waals surface area contributed by atoms with Crippen molar-refractivity contribution in [1.82, 2.24) is 0 Å². The molecule has 0 radical (unpaired) electrons. The minimum absolute atomic E-state index is 0.267. The van der Waals surface area contributed by atoms with Gasteiger partial charge in [-0.2, -0.15) is 0 Å². The number of aliphatic carboxylic acids is 1. The van der Waals surface area contributed by atoms with Gasteiger partial charge < -0.3 is 9.84 Å². The third kappa shape index (κ3) is 4.31. The number of hydrogen-bond acceptors (Lipinski definition) is 3. The fourth-order valence-electron chi connectivity index (χ4n) is 1.87. The van der Waals surface area contributed by atoms with Crippen molar-refractivity contribution in [3.05, 3.63) is 0 Å². The van der Waals surface area contributed by atoms with Crippen molar-refractivity contribution < 1.29 is 19.4 Å². The number of carbonyl (C=O) groups is 2. The lowest BCUT2D eigenvalue weighted by molar-refractivity contribution is -0.169. The topological polar surface area (TPSA) is 63.6 Å². The van der Waals surface area contributed by atoms with Crippen LogP contribution >= 0.6 is 0 Å². The van der Waals surface area contributed by atoms with Gasteiger partial charge in [0.05, 0.1) is 6.61 Å². The molecule has 0 bridgehead atoms. The molecule has 0 aromatic rings. The predicted molar refractivity (Wildman–Crippen MR) is 70.3 cm³/mol. The molecule has 0 saturated heterocycles. The number of rotatable bonds is 9. The van der Waals surface area contributed by atoms with Crippen LogP contribution in [0.3, 0.4) is 0 Å². The van der Waals surface area contributed by atoms with Crippen molar-refractivity contribution in [2.45, 2.75) is 59.8 Å². The molecule has 0 aliphatic carbocycles. The Kier molecular flexibility index (Phi) is 7.64. The molecule has 0 aliphatic heterocycles. The van der Waals surface area contributed by atoms with Crippen molar-refractivity contribution in [3.8, 4) is 0 Å². The van der Waals surface area contributed by atoms with Gasteiger partial charge in [0.1, 0.15) is 0 Å². The van der Waals surface area contributed by atoms with E-state index in [1.807, 2.05) is 0 Å². The van der Waals surface area contributed by atoms with Crippen LogP contribution in [0.15, 0.2) is 0 Å². The number of hydrogen-bond donors (Lipinski definition) is 1. The van der Waals surface area contributed by atoms with E-state index in [4.69, 9.17) is 4.74 Å². The second kappa shape index (κ2) is 8.11. The van der Waals surface area contributed by atoms with E-state index >= 15 is 0 Å². The molecule has 0 aromatic carbocycles. The van der Waals surface area contributed by atoms with Crippen LogP contribution < -0.4 is 0 Å². The van der Waals surface area contributed by atoms with E-state index in [2.05, 4.69) is 13.8 Å². The zero-order valence-electron chi connectivity index (χ0n) is 12.0. The maximum atomic E-state index is 11.9. The van der Waals surface area contributed by atoms with Gasteiger partial charge in [0, 0.05) is 0 Å². The highest BCUT2D eigenvalue weighted by Gasteiger charge is 2.44. The molecule has 0 heterocycles. The second-order valence-corrected chi connectivity index (χ2v) is 4.89. The molecule has 4 heteroatoms. The summed E-state index contributed by atoms with van der Waals surface area (Å²) in [5.74, 6) is -1.06. The summed E-state index contributed by atoms with van der Waals surface area (Å²) < 4.78 is 5.13. The Morgan fingerprint density at radius 2 is 1.78 bits per heavy atom. The maximum absolute atomic E-state index is 11.9. The van der Waals surface area contributed by atoms with Gasteiger partial charge in [0.15, 0.2) is 5.41 Å². The van der Waals surface area contributed by atoms with Crippen molar-refractivity contribution in [3.63, 3.8) is 0 Å². The maximum Gasteiger partial charge on any atom is 0.323 e. The van der Waals surface area contributed by atoms with E-state index < -0.39 is 17.4 Å². The van der Waals surface area contributed by atoms with E-state index in [-0.39, 0.29) is 12.8 Å². The Morgan fingerprint density at radius 3 is 2.17 bits per heavy atom. The zero-order chi connectivity index (χ0) is 14.2. The first-order valence-corrected chi connectivity index (χ1v) is 6.85. The molecule has 0 aliphatic rings. The molecule has 0 spiro atoms. The minimum Gasteiger partial charge on any atom is -0.480 e. The van der Waals surface area contributed by atoms with Crippen LogP contribution in [0.2, 0.25) is 0 Å². The summed E-state index contributed by atoms with van der Waals surface area (Å²) in [4.78, 5) is 23.1. The summed E-state index contributed by atoms with van der Waals surface area (Å²) >= 11 is 0. The molecule has 0 fully saturated rings. The van der Waals surface area contributed by atoms with Gasteiger partial charge in [-0.25, -0.2) is 0 Å². The smallest absolute Gasteiger partial charge is 0.323 e. The lowest BCUT2D eigenvalue weighted by atomic mass is 9.82. The standard InChI is InChI=1S/C14H26O4/c1-5-11(4)9-8-10-18-13(17)14(6-2,7-3)12(15)16/h11H,5-10H2,1-4H3,(H,15,16)/t11-/m0/s1. The quantitative estimate of drug-likeness (QED) is 0.392. The van der Waals surface area contributed by atoms with Gasteiger partial charge in [-0.1, -0.05) is 34.1 Å². The van der Waals surface area contributed by atoms with Gasteiger partial charge in [0.25, 0.3) is 0 Å². The van der Waals surface area contributed by atoms with Gasteiger partial charge in [-0.15, -0.1) is 0 Å². The summed E-state index contributed by atoms with van der Waals surface area (Å²) in [5.41, 5.74) is -1.36. The van der Waals surface area contributed by atoms with E-state index in [1.165, 1.54) is 0 Å². The molecule has 0 aromatic heterocycles. The predicted octanol–water partition coefficient (Wildman–Crippen LogP) is 3.25. The fraction of sp³-hybridized carbons (Fsp3) is 0.857. The Labute approximate surface area is 110 Å². The summed E-state index contributed by atoms with van der Waals surface area (Å²) in [6, 6.07) is 0. The van der Waals surface area contributed by atoms with Gasteiger partial charge in [-0.05, 0) is 31.6 Å². The highest BCUT2D eigenvalue weighted by Crippen LogP contribution is 2.28. The fourth-order valence-corrected chi connectivity index (χ4v) is 1.87. The largest absolute Gasteiger partial charge is 0.480 e. The van der Waals surface area contributed by atoms with Crippen LogP contribution in [-0.4, -0.2) is 23.7 Å². The lowest BCUT2D eigenvalue weighted by Gasteiger charge is -2.24. The summed E-state index contributed by atoms with van der Waals surface area (Å²) in [6.07, 6.45) is 3.44. The van der Waals surface area contributed by atoms with Crippen molar-refractivity contribution in [1.29, 1.82) is 0 Å². The Bertz CT molecular complexity index is 269. The van der Waals surface area contributed by atoms with E-state index in [0.29, 0.717) is 12.5 Å². The van der Waals surface area contributed by atoms with E-state index in [9.17, 15) is 14.7 Å². The number of carboxylic acid groups (broad SMARTS) is 1. The first-order chi connectivity index (χ1) is 8.44. The first kappa shape index (κ1) is 16.9. The molecule has 4 nitrogen and oxygen atoms in total. The van der Waals surface area contributed by atoms with Crippen LogP contribution in [0.1, 0.15) is 59.8 Å². The number of ether oxygens (including phenoxy) is 1. The van der Waals surface area contributed by atoms with Gasteiger partial charge in [-0.3, -0.25) is 9.59 Å². The van der Waals surface area contributed by atoms with Crippen LogP contribution in [0, 0.1) is 11.3 Å². The Hall–Kier alpha value is -1.06. The van der Waals surface area contributed by atoms with E-state index in [1.54, 1.807) is 13.8 Å². The van der Waals surface area contributed by atoms with Crippen molar-refractivity contribution >= 4 is 11.9 Å². The number of carbonyl (C=O) groups excluding carboxylic acids is 1. The van der Waals surface area contributed by atoms with Crippen LogP contribution in [0.4, 0.5) is 0 Å². The summed E-state index contributed by atoms with van der Waals surface area (Å²) in [6.45, 7) is 8.01. The SMILES string of the molecule is CC[C@H](C)CCCOC(=O)C(CC)(CC)C(=O)O. The average molecular weight is 258 g/mol. The monoisotopic (exact) mass is 258 g/mol. The molecule has 1 N–H and O–H groups in total. The molecular weight excluding hydrogens is 232 g/mol. The van der Waals surface area contributed by atoms with Gasteiger partial charge >= 0.3 is 11.9 Å². The Morgan fingerprint density at radius 1 is 1.22 bits per heavy atom. The minimum atomic E-state index is -1.36. The summed E-state index contributed by atoms with van der Waals surface area (Å²) in [5, 5.41) is 9.18. The van der Waals surface area contributed by atoms with Crippen molar-refractivity contribution in [2.24, 2.45) is 11.3 Å². The normalized spacial score (nSPS) is 13.1. The molecule has 1 atom stereocenters. The number of esters is 1. The molecule has 0 unspecified atom stereocenters. The van der Waals surface area contributed by atoms with Gasteiger partial charge in [0.2, 0.25) is 0 Å². The first-order valence-electron chi connectivity index (χ1n) is 6.85. The zero-order valence-corrected chi connectivity index (χ0v) is 12.0. The van der Waals surface area contributed by atoms with Crippen LogP contribution in [0.5, 0.6) is 0 Å². The molecule has 106 valence electrons. The Balaban J connectivity index is 4.25. The van der Waals surface area contributed by atoms with E-state index in [0.717, 1.165) is 19.3 Å². The highest BCUT2D eigenvalue weighted by atomic mass is 16.5. The summed E-state index contributed by atoms with van der Waals surface area (Å²) in [7, 11) is 0. The third-order valence-corrected chi connectivity index (χ3v) is 3.78.